The van der Waals surface area contributed by atoms with Gasteiger partial charge < -0.3 is 10.3 Å². The lowest BCUT2D eigenvalue weighted by Crippen LogP contribution is -2.31. The lowest BCUT2D eigenvalue weighted by atomic mass is 10.1. The summed E-state index contributed by atoms with van der Waals surface area (Å²) in [5, 5.41) is -1.79. The van der Waals surface area contributed by atoms with Gasteiger partial charge in [0.1, 0.15) is 11.0 Å². The summed E-state index contributed by atoms with van der Waals surface area (Å²) in [5.41, 5.74) is 8.26. The van der Waals surface area contributed by atoms with Gasteiger partial charge in [-0.05, 0) is 6.08 Å². The van der Waals surface area contributed by atoms with Crippen molar-refractivity contribution in [3.05, 3.63) is 29.5 Å². The standard InChI is InChI=1S/C8H5F3N2O5S2/c9-8(10,11)18-5-1-2-7(6(3-5)19(14)15)20(16,17)4-13-12/h1-4,7H. The van der Waals surface area contributed by atoms with Crippen LogP contribution in [0.1, 0.15) is 0 Å². The van der Waals surface area contributed by atoms with Crippen molar-refractivity contribution in [3.8, 4) is 0 Å². The first-order valence-corrected chi connectivity index (χ1v) is 7.28. The van der Waals surface area contributed by atoms with Gasteiger partial charge in [-0.1, -0.05) is 6.08 Å². The highest BCUT2D eigenvalue weighted by atomic mass is 32.2. The van der Waals surface area contributed by atoms with Crippen LogP contribution in [0.25, 0.3) is 5.53 Å². The average Bonchev–Trinajstić information content (AvgIpc) is 2.26. The molecule has 0 saturated carbocycles. The van der Waals surface area contributed by atoms with Gasteiger partial charge in [-0.25, -0.2) is 8.42 Å². The Hall–Kier alpha value is -1.91. The topological polar surface area (TPSA) is 114 Å². The molecule has 0 bridgehead atoms. The molecule has 0 fully saturated rings. The number of hydrogen-bond acceptors (Lipinski definition) is 5. The van der Waals surface area contributed by atoms with E-state index in [1.165, 1.54) is 0 Å². The molecule has 12 heteroatoms. The Morgan fingerprint density at radius 1 is 1.40 bits per heavy atom. The number of nitrogens with zero attached hydrogens (tertiary/aromatic N) is 2. The summed E-state index contributed by atoms with van der Waals surface area (Å²) in [7, 11) is -7.45. The molecular weight excluding hydrogens is 325 g/mol. The third kappa shape index (κ3) is 4.05. The zero-order valence-electron chi connectivity index (χ0n) is 9.27. The zero-order chi connectivity index (χ0) is 15.6. The van der Waals surface area contributed by atoms with E-state index in [-0.39, 0.29) is 5.55 Å². The molecule has 1 aliphatic rings. The first kappa shape index (κ1) is 16.1. The Bertz CT molecular complexity index is 746. The van der Waals surface area contributed by atoms with Crippen LogP contribution in [0.4, 0.5) is 13.2 Å². The molecule has 0 aliphatic heterocycles. The van der Waals surface area contributed by atoms with E-state index in [1.54, 1.807) is 0 Å². The Labute approximate surface area is 112 Å². The van der Waals surface area contributed by atoms with Crippen molar-refractivity contribution in [1.29, 1.82) is 0 Å². The van der Waals surface area contributed by atoms with Crippen LogP contribution in [-0.2, 0) is 24.9 Å². The lowest BCUT2D eigenvalue weighted by Gasteiger charge is -2.15. The molecule has 0 N–H and O–H groups in total. The summed E-state index contributed by atoms with van der Waals surface area (Å²) in [6, 6.07) is 0. The minimum absolute atomic E-state index is 0.0817. The van der Waals surface area contributed by atoms with E-state index in [1.807, 2.05) is 0 Å². The lowest BCUT2D eigenvalue weighted by molar-refractivity contribution is -0.303. The first-order valence-electron chi connectivity index (χ1n) is 4.60. The molecule has 0 saturated heterocycles. The van der Waals surface area contributed by atoms with Gasteiger partial charge in [0.25, 0.3) is 9.84 Å². The molecule has 0 spiro atoms. The van der Waals surface area contributed by atoms with Gasteiger partial charge in [0.05, 0.1) is 4.86 Å². The van der Waals surface area contributed by atoms with Crippen molar-refractivity contribution in [2.24, 2.45) is 0 Å². The van der Waals surface area contributed by atoms with Crippen LogP contribution in [-0.4, -0.2) is 43.6 Å². The van der Waals surface area contributed by atoms with Crippen LogP contribution in [0.5, 0.6) is 0 Å². The highest BCUT2D eigenvalue weighted by Crippen LogP contribution is 2.24. The molecule has 0 aromatic carbocycles. The predicted molar refractivity (Wildman–Crippen MR) is 60.7 cm³/mol. The number of sulfone groups is 1. The number of alkyl halides is 3. The van der Waals surface area contributed by atoms with Crippen LogP contribution in [0.3, 0.4) is 0 Å². The van der Waals surface area contributed by atoms with E-state index < -0.39 is 42.4 Å². The van der Waals surface area contributed by atoms with Crippen molar-refractivity contribution in [2.45, 2.75) is 11.6 Å². The molecule has 1 rings (SSSR count). The number of rotatable bonds is 3. The van der Waals surface area contributed by atoms with Crippen LogP contribution >= 0.6 is 0 Å². The second-order valence-corrected chi connectivity index (χ2v) is 6.16. The number of halogens is 3. The maximum atomic E-state index is 12.0. The van der Waals surface area contributed by atoms with Crippen LogP contribution < -0.4 is 0 Å². The van der Waals surface area contributed by atoms with Gasteiger partial charge in [0.2, 0.25) is 10.3 Å². The Kier molecular flexibility index (Phi) is 4.53. The molecule has 0 aromatic heterocycles. The van der Waals surface area contributed by atoms with Crippen LogP contribution in [0.2, 0.25) is 0 Å². The fourth-order valence-electron chi connectivity index (χ4n) is 1.29. The normalized spacial score (nSPS) is 19.1. The van der Waals surface area contributed by atoms with Crippen molar-refractivity contribution < 1.29 is 39.5 Å². The molecule has 0 radical (unpaired) electrons. The average molecular weight is 330 g/mol. The summed E-state index contributed by atoms with van der Waals surface area (Å²) < 4.78 is 84.3. The molecule has 1 aliphatic carbocycles. The second kappa shape index (κ2) is 5.61. The van der Waals surface area contributed by atoms with Gasteiger partial charge >= 0.3 is 11.9 Å². The van der Waals surface area contributed by atoms with Crippen LogP contribution in [0.15, 0.2) is 24.0 Å². The smallest absolute Gasteiger partial charge is 0.406 e. The van der Waals surface area contributed by atoms with E-state index in [0.717, 1.165) is 0 Å². The quantitative estimate of drug-likeness (QED) is 0.239. The van der Waals surface area contributed by atoms with E-state index in [4.69, 9.17) is 5.53 Å². The van der Waals surface area contributed by atoms with Crippen molar-refractivity contribution in [2.75, 3.05) is 0 Å². The Morgan fingerprint density at radius 2 is 2.00 bits per heavy atom. The van der Waals surface area contributed by atoms with Crippen LogP contribution in [0, 0.1) is 0 Å². The molecule has 110 valence electrons. The van der Waals surface area contributed by atoms with Gasteiger partial charge in [0, 0.05) is 6.08 Å². The third-order valence-corrected chi connectivity index (χ3v) is 4.39. The Balaban J connectivity index is 3.31. The van der Waals surface area contributed by atoms with E-state index in [9.17, 15) is 30.0 Å². The van der Waals surface area contributed by atoms with E-state index >= 15 is 0 Å². The zero-order valence-corrected chi connectivity index (χ0v) is 10.9. The molecular formula is C8H5F3N2O5S2. The summed E-state index contributed by atoms with van der Waals surface area (Å²) in [4.78, 5) is 1.39. The molecule has 1 atom stereocenters. The Morgan fingerprint density at radius 3 is 2.45 bits per heavy atom. The summed E-state index contributed by atoms with van der Waals surface area (Å²) in [5.74, 6) is -0.885. The van der Waals surface area contributed by atoms with Crippen molar-refractivity contribution in [3.63, 3.8) is 0 Å². The maximum Gasteiger partial charge on any atom is 0.573 e. The number of allylic oxidation sites excluding steroid dienone is 2. The fourth-order valence-corrected chi connectivity index (χ4v) is 3.36. The maximum absolute atomic E-state index is 12.0. The molecule has 20 heavy (non-hydrogen) atoms. The van der Waals surface area contributed by atoms with Gasteiger partial charge in [0.15, 0.2) is 0 Å². The fraction of sp³-hybridized carbons (Fsp3) is 0.250. The SMILES string of the molecule is [N-]=[N+]=CS(=O)(=O)C1C=CC(OC(F)(F)F)=CC1=S(=O)=O. The highest BCUT2D eigenvalue weighted by Gasteiger charge is 2.36. The summed E-state index contributed by atoms with van der Waals surface area (Å²) in [6.45, 7) is 0. The molecule has 0 amide bonds. The predicted octanol–water partition coefficient (Wildman–Crippen LogP) is 0.0695. The van der Waals surface area contributed by atoms with Gasteiger partial charge in [-0.2, -0.15) is 13.2 Å². The van der Waals surface area contributed by atoms with E-state index in [0.29, 0.717) is 18.2 Å². The van der Waals surface area contributed by atoms with Gasteiger partial charge in [-0.15, -0.1) is 13.2 Å². The molecule has 0 aromatic rings. The first-order chi connectivity index (χ1) is 9.07. The number of hydrogen-bond donors (Lipinski definition) is 0. The third-order valence-electron chi connectivity index (χ3n) is 1.97. The number of ether oxygens (including phenoxy) is 1. The summed E-state index contributed by atoms with van der Waals surface area (Å²) >= 11 is 0. The highest BCUT2D eigenvalue weighted by molar-refractivity contribution is 8.06. The summed E-state index contributed by atoms with van der Waals surface area (Å²) in [6.07, 6.45) is -3.31. The molecule has 7 nitrogen and oxygen atoms in total. The largest absolute Gasteiger partial charge is 0.573 e. The van der Waals surface area contributed by atoms with Gasteiger partial charge in [-0.3, -0.25) is 0 Å². The van der Waals surface area contributed by atoms with Crippen molar-refractivity contribution in [1.82, 2.24) is 0 Å². The minimum atomic E-state index is -5.05. The minimum Gasteiger partial charge on any atom is -0.406 e. The monoisotopic (exact) mass is 330 g/mol. The van der Waals surface area contributed by atoms with Crippen molar-refractivity contribution >= 4 is 30.5 Å². The second-order valence-electron chi connectivity index (χ2n) is 3.32. The van der Waals surface area contributed by atoms with E-state index in [2.05, 4.69) is 9.53 Å². The molecule has 0 heterocycles. The molecule has 1 unspecified atom stereocenters.